The highest BCUT2D eigenvalue weighted by atomic mass is 16.5. The molecule has 1 N–H and O–H groups in total. The summed E-state index contributed by atoms with van der Waals surface area (Å²) in [7, 11) is 0. The lowest BCUT2D eigenvalue weighted by atomic mass is 10.1. The molecule has 0 saturated carbocycles. The fraction of sp³-hybridized carbons (Fsp3) is 0.118. The van der Waals surface area contributed by atoms with Gasteiger partial charge < -0.3 is 19.4 Å². The summed E-state index contributed by atoms with van der Waals surface area (Å²) >= 11 is 0. The summed E-state index contributed by atoms with van der Waals surface area (Å²) in [5, 5.41) is 7.12. The van der Waals surface area contributed by atoms with Gasteiger partial charge in [-0.1, -0.05) is 35.5 Å². The van der Waals surface area contributed by atoms with Crippen LogP contribution in [-0.2, 0) is 4.79 Å². The molecule has 6 nitrogen and oxygen atoms in total. The molecule has 1 atom stereocenters. The minimum absolute atomic E-state index is 0.328. The van der Waals surface area contributed by atoms with E-state index in [1.165, 1.54) is 0 Å². The lowest BCUT2D eigenvalue weighted by Gasteiger charge is -2.23. The summed E-state index contributed by atoms with van der Waals surface area (Å²) < 4.78 is 10.9. The molecule has 1 aliphatic rings. The Bertz CT molecular complexity index is 845. The van der Waals surface area contributed by atoms with Gasteiger partial charge in [-0.15, -0.1) is 0 Å². The summed E-state index contributed by atoms with van der Waals surface area (Å²) in [4.78, 5) is 15.3. The number of carbonyl (C=O) groups excluding carboxylic acids is 1. The van der Waals surface area contributed by atoms with Crippen molar-refractivity contribution in [1.29, 1.82) is 0 Å². The largest absolute Gasteiger partial charge is 0.489 e. The number of carbonyl (C=O) groups is 1. The average molecular weight is 307 g/mol. The maximum Gasteiger partial charge on any atom is 0.258 e. The van der Waals surface area contributed by atoms with Crippen molar-refractivity contribution in [2.24, 2.45) is 0 Å². The van der Waals surface area contributed by atoms with Gasteiger partial charge in [0.05, 0.1) is 5.69 Å². The van der Waals surface area contributed by atoms with Gasteiger partial charge >= 0.3 is 0 Å². The minimum Gasteiger partial charge on any atom is -0.489 e. The van der Waals surface area contributed by atoms with Crippen LogP contribution in [0.1, 0.15) is 0 Å². The Hall–Kier alpha value is -3.15. The van der Waals surface area contributed by atoms with Crippen molar-refractivity contribution in [2.75, 3.05) is 11.9 Å². The summed E-state index contributed by atoms with van der Waals surface area (Å²) in [6.45, 7) is 0.328. The maximum atomic E-state index is 10.9. The lowest BCUT2D eigenvalue weighted by Crippen LogP contribution is -2.32. The fourth-order valence-corrected chi connectivity index (χ4v) is 2.44. The van der Waals surface area contributed by atoms with Crippen LogP contribution in [0.25, 0.3) is 22.8 Å². The second-order valence-electron chi connectivity index (χ2n) is 5.20. The van der Waals surface area contributed by atoms with Crippen molar-refractivity contribution in [3.8, 4) is 28.6 Å². The van der Waals surface area contributed by atoms with Gasteiger partial charge in [0.1, 0.15) is 24.7 Å². The normalized spacial score (nSPS) is 16.1. The first-order valence-electron chi connectivity index (χ1n) is 7.21. The fourth-order valence-electron chi connectivity index (χ4n) is 2.44. The predicted molar refractivity (Wildman–Crippen MR) is 84.1 cm³/mol. The van der Waals surface area contributed by atoms with Crippen molar-refractivity contribution in [2.45, 2.75) is 6.04 Å². The number of hydrogen-bond acceptors (Lipinski definition) is 6. The van der Waals surface area contributed by atoms with Crippen LogP contribution in [0.5, 0.6) is 5.75 Å². The molecule has 4 rings (SSSR count). The van der Waals surface area contributed by atoms with Crippen LogP contribution in [0.4, 0.5) is 5.69 Å². The molecule has 114 valence electrons. The van der Waals surface area contributed by atoms with Gasteiger partial charge in [-0.05, 0) is 18.2 Å². The molecule has 0 aliphatic carbocycles. The Balaban J connectivity index is 1.67. The zero-order chi connectivity index (χ0) is 15.6. The predicted octanol–water partition coefficient (Wildman–Crippen LogP) is 2.78. The molecule has 0 bridgehead atoms. The van der Waals surface area contributed by atoms with Crippen molar-refractivity contribution in [3.63, 3.8) is 0 Å². The van der Waals surface area contributed by atoms with E-state index < -0.39 is 0 Å². The zero-order valence-electron chi connectivity index (χ0n) is 12.1. The van der Waals surface area contributed by atoms with Gasteiger partial charge in [0.15, 0.2) is 0 Å². The third-order valence-electron chi connectivity index (χ3n) is 3.61. The Labute approximate surface area is 132 Å². The van der Waals surface area contributed by atoms with Crippen molar-refractivity contribution in [1.82, 2.24) is 10.1 Å². The van der Waals surface area contributed by atoms with E-state index in [0.29, 0.717) is 24.1 Å². The molecule has 23 heavy (non-hydrogen) atoms. The number of nitrogens with zero attached hydrogens (tertiary/aromatic N) is 2. The Kier molecular flexibility index (Phi) is 3.27. The van der Waals surface area contributed by atoms with E-state index in [4.69, 9.17) is 9.26 Å². The minimum atomic E-state index is -0.347. The average Bonchev–Trinajstić information content (AvgIpc) is 3.11. The third-order valence-corrected chi connectivity index (χ3v) is 3.61. The first-order chi connectivity index (χ1) is 11.3. The Morgan fingerprint density at radius 1 is 1.13 bits per heavy atom. The number of rotatable bonds is 3. The summed E-state index contributed by atoms with van der Waals surface area (Å²) in [5.41, 5.74) is 2.40. The van der Waals surface area contributed by atoms with Crippen LogP contribution in [-0.4, -0.2) is 29.1 Å². The maximum absolute atomic E-state index is 10.9. The number of ether oxygens (including phenoxy) is 1. The molecule has 0 fully saturated rings. The second-order valence-corrected chi connectivity index (χ2v) is 5.20. The highest BCUT2D eigenvalue weighted by Gasteiger charge is 2.20. The smallest absolute Gasteiger partial charge is 0.258 e. The van der Waals surface area contributed by atoms with Gasteiger partial charge in [0, 0.05) is 11.1 Å². The highest BCUT2D eigenvalue weighted by Crippen LogP contribution is 2.33. The molecule has 0 spiro atoms. The van der Waals surface area contributed by atoms with Crippen LogP contribution < -0.4 is 10.1 Å². The number of aromatic nitrogens is 2. The van der Waals surface area contributed by atoms with Crippen LogP contribution in [0, 0.1) is 0 Å². The zero-order valence-corrected chi connectivity index (χ0v) is 12.1. The number of hydrogen-bond donors (Lipinski definition) is 1. The molecule has 3 aromatic rings. The summed E-state index contributed by atoms with van der Waals surface area (Å²) in [6.07, 6.45) is 0.829. The van der Waals surface area contributed by atoms with E-state index in [2.05, 4.69) is 15.5 Å². The number of fused-ring (bicyclic) bond motifs is 1. The quantitative estimate of drug-likeness (QED) is 0.750. The first-order valence-corrected chi connectivity index (χ1v) is 7.21. The molecule has 6 heteroatoms. The molecule has 0 saturated heterocycles. The van der Waals surface area contributed by atoms with Crippen molar-refractivity contribution >= 4 is 12.0 Å². The number of benzene rings is 2. The number of aldehydes is 1. The Morgan fingerprint density at radius 2 is 2.00 bits per heavy atom. The summed E-state index contributed by atoms with van der Waals surface area (Å²) in [6, 6.07) is 14.8. The van der Waals surface area contributed by atoms with Gasteiger partial charge in [-0.2, -0.15) is 4.98 Å². The molecule has 0 amide bonds. The standard InChI is InChI=1S/C17H13N3O3/c21-9-13-10-22-15-7-6-12(8-14(15)18-13)17-19-16(20-23-17)11-4-2-1-3-5-11/h1-9,13,18H,10H2. The molecular formula is C17H13N3O3. The van der Waals surface area contributed by atoms with E-state index in [1.807, 2.05) is 48.5 Å². The molecule has 1 aromatic heterocycles. The van der Waals surface area contributed by atoms with E-state index >= 15 is 0 Å². The molecule has 2 heterocycles. The monoisotopic (exact) mass is 307 g/mol. The van der Waals surface area contributed by atoms with Crippen LogP contribution in [0.2, 0.25) is 0 Å². The van der Waals surface area contributed by atoms with E-state index in [9.17, 15) is 4.79 Å². The molecule has 1 aliphatic heterocycles. The molecule has 1 unspecified atom stereocenters. The first kappa shape index (κ1) is 13.5. The second kappa shape index (κ2) is 5.57. The lowest BCUT2D eigenvalue weighted by molar-refractivity contribution is -0.109. The molecule has 2 aromatic carbocycles. The van der Waals surface area contributed by atoms with Gasteiger partial charge in [-0.3, -0.25) is 0 Å². The SMILES string of the molecule is O=CC1COc2ccc(-c3nc(-c4ccccc4)no3)cc2N1. The van der Waals surface area contributed by atoms with Crippen LogP contribution in [0.15, 0.2) is 53.1 Å². The van der Waals surface area contributed by atoms with Crippen LogP contribution >= 0.6 is 0 Å². The van der Waals surface area contributed by atoms with Crippen molar-refractivity contribution < 1.29 is 14.1 Å². The molecule has 0 radical (unpaired) electrons. The van der Waals surface area contributed by atoms with Gasteiger partial charge in [0.25, 0.3) is 5.89 Å². The highest BCUT2D eigenvalue weighted by molar-refractivity contribution is 5.74. The molecular weight excluding hydrogens is 294 g/mol. The van der Waals surface area contributed by atoms with Gasteiger partial charge in [0.2, 0.25) is 5.82 Å². The third kappa shape index (κ3) is 2.55. The van der Waals surface area contributed by atoms with E-state index in [1.54, 1.807) is 0 Å². The number of anilines is 1. The number of nitrogens with one attached hydrogen (secondary N) is 1. The van der Waals surface area contributed by atoms with Crippen molar-refractivity contribution in [3.05, 3.63) is 48.5 Å². The van der Waals surface area contributed by atoms with E-state index in [0.717, 1.165) is 23.1 Å². The summed E-state index contributed by atoms with van der Waals surface area (Å²) in [5.74, 6) is 1.66. The van der Waals surface area contributed by atoms with Crippen LogP contribution in [0.3, 0.4) is 0 Å². The van der Waals surface area contributed by atoms with E-state index in [-0.39, 0.29) is 6.04 Å². The topological polar surface area (TPSA) is 77.2 Å². The Morgan fingerprint density at radius 3 is 2.83 bits per heavy atom. The van der Waals surface area contributed by atoms with Gasteiger partial charge in [-0.25, -0.2) is 0 Å².